The molecule has 2 N–H and O–H groups in total. The largest absolute Gasteiger partial charge is 0.354 e. The van der Waals surface area contributed by atoms with Crippen LogP contribution in [-0.2, 0) is 0 Å². The van der Waals surface area contributed by atoms with Crippen molar-refractivity contribution in [3.8, 4) is 135 Å². The zero-order chi connectivity index (χ0) is 83.1. The summed E-state index contributed by atoms with van der Waals surface area (Å²) in [6.45, 7) is 0. The fraction of sp³-hybridized carbons (Fsp3) is 0.00847. The van der Waals surface area contributed by atoms with Crippen molar-refractivity contribution in [2.45, 2.75) is 7.43 Å². The Kier molecular flexibility index (Phi) is 20.7. The Morgan fingerprint density at radius 2 is 0.397 bits per heavy atom. The minimum Gasteiger partial charge on any atom is -0.354 e. The Morgan fingerprint density at radius 3 is 0.722 bits per heavy atom. The molecule has 0 amide bonds. The predicted molar refractivity (Wildman–Crippen MR) is 534 cm³/mol. The lowest BCUT2D eigenvalue weighted by Gasteiger charge is -2.13. The van der Waals surface area contributed by atoms with Gasteiger partial charge in [0.1, 0.15) is 0 Å². The Labute approximate surface area is 739 Å². The fourth-order valence-corrected chi connectivity index (χ4v) is 18.1. The summed E-state index contributed by atoms with van der Waals surface area (Å²) in [4.78, 5) is 22.4. The van der Waals surface area contributed by atoms with Gasteiger partial charge in [-0.05, 0) is 177 Å². The van der Waals surface area contributed by atoms with Crippen molar-refractivity contribution in [3.63, 3.8) is 0 Å². The molecule has 0 saturated carbocycles. The van der Waals surface area contributed by atoms with Gasteiger partial charge in [0.2, 0.25) is 0 Å². The first-order valence-electron chi connectivity index (χ1n) is 42.3. The molecule has 0 atom stereocenters. The summed E-state index contributed by atoms with van der Waals surface area (Å²) in [5.41, 5.74) is 35.6. The van der Waals surface area contributed by atoms with E-state index in [4.69, 9.17) is 15.0 Å². The van der Waals surface area contributed by atoms with Gasteiger partial charge in [-0.1, -0.05) is 363 Å². The molecule has 7 aromatic heterocycles. The lowest BCUT2D eigenvalue weighted by atomic mass is 10.00. The van der Waals surface area contributed by atoms with E-state index in [9.17, 15) is 0 Å². The molecule has 7 heterocycles. The third-order valence-corrected chi connectivity index (χ3v) is 24.5. The van der Waals surface area contributed by atoms with Crippen molar-refractivity contribution in [2.75, 3.05) is 0 Å². The Bertz CT molecular complexity index is 7530. The molecule has 0 aliphatic carbocycles. The summed E-state index contributed by atoms with van der Waals surface area (Å²) in [5, 5.41) is 9.98. The van der Waals surface area contributed by atoms with Gasteiger partial charge in [0.25, 0.3) is 0 Å². The molecule has 0 bridgehead atoms. The third-order valence-electron chi connectivity index (χ3n) is 24.0. The maximum Gasteiger partial charge on any atom is 0.0715 e. The maximum atomic E-state index is 5.23. The molecule has 24 aromatic rings. The Morgan fingerprint density at radius 1 is 0.167 bits per heavy atom. The summed E-state index contributed by atoms with van der Waals surface area (Å²) in [6.07, 6.45) is 0. The first-order valence-corrected chi connectivity index (χ1v) is 43.1. The van der Waals surface area contributed by atoms with Gasteiger partial charge in [0.15, 0.2) is 0 Å². The van der Waals surface area contributed by atoms with E-state index in [0.717, 1.165) is 128 Å². The number of H-pyrrole nitrogens is 2. The molecule has 0 radical (unpaired) electrons. The second-order valence-electron chi connectivity index (χ2n) is 31.7. The number of pyridine rings is 3. The quantitative estimate of drug-likeness (QED) is 0.121. The second kappa shape index (κ2) is 33.7. The molecule has 8 heteroatoms. The van der Waals surface area contributed by atoms with E-state index in [2.05, 4.69) is 448 Å². The van der Waals surface area contributed by atoms with Gasteiger partial charge in [-0.2, -0.15) is 0 Å². The maximum absolute atomic E-state index is 5.23. The van der Waals surface area contributed by atoms with Gasteiger partial charge >= 0.3 is 0 Å². The van der Waals surface area contributed by atoms with E-state index >= 15 is 0 Å². The minimum atomic E-state index is 0. The molecule has 17 aromatic carbocycles. The molecule has 7 nitrogen and oxygen atoms in total. The summed E-state index contributed by atoms with van der Waals surface area (Å²) in [7, 11) is 0. The van der Waals surface area contributed by atoms with Crippen LogP contribution in [0.25, 0.3) is 222 Å². The highest BCUT2D eigenvalue weighted by molar-refractivity contribution is 9.10. The highest BCUT2D eigenvalue weighted by Crippen LogP contribution is 2.42. The van der Waals surface area contributed by atoms with Gasteiger partial charge in [-0.3, -0.25) is 0 Å². The van der Waals surface area contributed by atoms with Crippen LogP contribution in [-0.4, -0.2) is 34.1 Å². The standard InChI is InChI=1S/C70H46N4.C24H16N2.C23H16BrN.CH4/c1-5-17-47(18-6-1)55-41-63(49-21-9-3-10-22-49)71-65(43-55)51-29-35-57(36-30-51)73-67-27-15-13-25-59(67)61-39-33-53(45-69(61)73)54-34-40-62-60-26-14-16-28-68(60)74(70(62)46-54)58-37-31-52(32-38-58)66-44-56(48-19-7-2-8-20-48)42-64(72-66)50-23-11-4-12-24-50;1-3-7-21-17(5-1)19-11-9-15(13-23(19)25-21)16-10-12-20-18-6-2-4-8-22(18)26-24(20)14-16;24-21-13-11-19(12-14-21)23-16-20(17-7-3-1-4-8-17)15-22(25-23)18-9-5-2-6-10-18;/h1-46H;1-14,25-26H;1-16H;1H4. The number of aromatic amines is 2. The van der Waals surface area contributed by atoms with Crippen LogP contribution < -0.4 is 0 Å². The first-order chi connectivity index (χ1) is 61.8. The summed E-state index contributed by atoms with van der Waals surface area (Å²) < 4.78 is 5.88. The molecule has 0 fully saturated rings. The van der Waals surface area contributed by atoms with E-state index in [1.807, 2.05) is 48.5 Å². The average molecular weight is 1680 g/mol. The number of hydrogen-bond donors (Lipinski definition) is 2. The summed E-state index contributed by atoms with van der Waals surface area (Å²) in [5.74, 6) is 0. The fourth-order valence-electron chi connectivity index (χ4n) is 17.8. The van der Waals surface area contributed by atoms with E-state index in [0.29, 0.717) is 0 Å². The number of nitrogens with one attached hydrogen (secondary N) is 2. The number of hydrogen-bond acceptors (Lipinski definition) is 3. The van der Waals surface area contributed by atoms with Crippen LogP contribution in [0.4, 0.5) is 0 Å². The smallest absolute Gasteiger partial charge is 0.0715 e. The lowest BCUT2D eigenvalue weighted by molar-refractivity contribution is 1.18. The molecule has 24 rings (SSSR count). The van der Waals surface area contributed by atoms with Crippen LogP contribution in [0.5, 0.6) is 0 Å². The van der Waals surface area contributed by atoms with E-state index in [-0.39, 0.29) is 7.43 Å². The SMILES string of the molecule is Brc1ccc(-c2cc(-c3ccccc3)cc(-c3ccccc3)n2)cc1.C.c1ccc(-c2cc(-c3ccccc3)nc(-c3ccc(-n4c5ccccc5c5ccc(-c6ccc7c8ccccc8n(-c8ccc(-c9cc(-c%10ccccc%10)cc(-c%10ccccc%10)n9)cc8)c7c6)cc54)cc3)c2)cc1.c1ccc2c(c1)[nH]c1cc(-c3ccc4c(c3)[nH]c3ccccc34)ccc12. The molecule has 596 valence electrons. The number of halogens is 1. The number of fused-ring (bicyclic) bond motifs is 12. The molecule has 0 aliphatic heterocycles. The van der Waals surface area contributed by atoms with E-state index < -0.39 is 0 Å². The van der Waals surface area contributed by atoms with Crippen LogP contribution in [0.1, 0.15) is 7.43 Å². The average Bonchev–Trinajstić information content (AvgIpc) is 1.57. The number of aromatic nitrogens is 7. The molecule has 126 heavy (non-hydrogen) atoms. The van der Waals surface area contributed by atoms with E-state index in [1.54, 1.807) is 0 Å². The zero-order valence-corrected chi connectivity index (χ0v) is 69.6. The number of rotatable bonds is 13. The van der Waals surface area contributed by atoms with Crippen molar-refractivity contribution in [3.05, 3.63) is 466 Å². The van der Waals surface area contributed by atoms with Gasteiger partial charge < -0.3 is 19.1 Å². The predicted octanol–water partition coefficient (Wildman–Crippen LogP) is 32.4. The van der Waals surface area contributed by atoms with Gasteiger partial charge in [0, 0.05) is 114 Å². The molecule has 0 aliphatic rings. The van der Waals surface area contributed by atoms with Crippen LogP contribution in [0.3, 0.4) is 0 Å². The number of para-hydroxylation sites is 4. The van der Waals surface area contributed by atoms with Gasteiger partial charge in [-0.15, -0.1) is 0 Å². The zero-order valence-electron chi connectivity index (χ0n) is 68.0. The molecule has 0 saturated heterocycles. The van der Waals surface area contributed by atoms with Crippen LogP contribution in [0.2, 0.25) is 0 Å². The van der Waals surface area contributed by atoms with Crippen molar-refractivity contribution in [2.24, 2.45) is 0 Å². The monoisotopic (exact) mass is 1680 g/mol. The van der Waals surface area contributed by atoms with Crippen molar-refractivity contribution in [1.82, 2.24) is 34.1 Å². The number of nitrogens with zero attached hydrogens (tertiary/aromatic N) is 5. The minimum absolute atomic E-state index is 0. The number of benzene rings is 17. The third kappa shape index (κ3) is 15.1. The highest BCUT2D eigenvalue weighted by atomic mass is 79.9. The molecule has 0 spiro atoms. The molecular formula is C118H82BrN7. The van der Waals surface area contributed by atoms with Gasteiger partial charge in [0.05, 0.1) is 56.2 Å². The highest BCUT2D eigenvalue weighted by Gasteiger charge is 2.20. The summed E-state index contributed by atoms with van der Waals surface area (Å²) in [6, 6.07) is 164. The normalized spacial score (nSPS) is 11.3. The molecular weight excluding hydrogens is 1600 g/mol. The Balaban J connectivity index is 0.000000150. The first kappa shape index (κ1) is 77.2. The van der Waals surface area contributed by atoms with E-state index in [1.165, 1.54) is 98.4 Å². The van der Waals surface area contributed by atoms with Crippen LogP contribution in [0.15, 0.2) is 466 Å². The topological polar surface area (TPSA) is 80.1 Å². The lowest BCUT2D eigenvalue weighted by Crippen LogP contribution is -1.96. The van der Waals surface area contributed by atoms with Gasteiger partial charge in [-0.25, -0.2) is 15.0 Å². The summed E-state index contributed by atoms with van der Waals surface area (Å²) >= 11 is 3.50. The Hall–Kier alpha value is -16.1. The van der Waals surface area contributed by atoms with Crippen LogP contribution >= 0.6 is 15.9 Å². The molecule has 0 unspecified atom stereocenters. The van der Waals surface area contributed by atoms with Crippen molar-refractivity contribution in [1.29, 1.82) is 0 Å². The van der Waals surface area contributed by atoms with Crippen molar-refractivity contribution < 1.29 is 0 Å². The van der Waals surface area contributed by atoms with Crippen LogP contribution in [0, 0.1) is 0 Å². The second-order valence-corrected chi connectivity index (χ2v) is 32.6. The van der Waals surface area contributed by atoms with Crippen molar-refractivity contribution >= 4 is 103 Å².